The quantitative estimate of drug-likeness (QED) is 0.232. The molecule has 0 amide bonds. The Kier molecular flexibility index (Phi) is 7.76. The monoisotopic (exact) mass is 533 g/mol. The molecule has 6 N–H and O–H groups in total. The van der Waals surface area contributed by atoms with Gasteiger partial charge in [0.25, 0.3) is 10.0 Å². The Morgan fingerprint density at radius 2 is 2.00 bits per heavy atom. The Balaban J connectivity index is 1.58. The second-order valence-electron chi connectivity index (χ2n) is 8.75. The van der Waals surface area contributed by atoms with Crippen LogP contribution in [0.25, 0.3) is 11.8 Å². The van der Waals surface area contributed by atoms with Crippen LogP contribution < -0.4 is 31.8 Å². The maximum absolute atomic E-state index is 15.2. The van der Waals surface area contributed by atoms with Crippen molar-refractivity contribution in [2.75, 3.05) is 19.7 Å². The topological polar surface area (TPSA) is 176 Å². The number of hydrogen-bond acceptors (Lipinski definition) is 8. The fourth-order valence-electron chi connectivity index (χ4n) is 4.44. The van der Waals surface area contributed by atoms with Crippen LogP contribution in [0.15, 0.2) is 45.1 Å². The average molecular weight is 534 g/mol. The number of hydrogen-bond donors (Lipinski definition) is 5. The number of carboxylic acids is 1. The summed E-state index contributed by atoms with van der Waals surface area (Å²) < 4.78 is 43.7. The number of aryl methyl sites for hydroxylation is 1. The lowest BCUT2D eigenvalue weighted by Crippen LogP contribution is -2.57. The minimum atomic E-state index is -3.67. The van der Waals surface area contributed by atoms with Gasteiger partial charge >= 0.3 is 5.97 Å². The number of aliphatic hydroxyl groups is 1. The van der Waals surface area contributed by atoms with Crippen LogP contribution in [-0.2, 0) is 16.6 Å². The molecule has 0 saturated heterocycles. The van der Waals surface area contributed by atoms with E-state index in [0.717, 1.165) is 0 Å². The highest BCUT2D eigenvalue weighted by atomic mass is 32.2. The standard InChI is InChI=1S/C24H28FN5O6S/c25-20-16(27-8-9-28-23-14-6-2-3-7-18(14)37(35,36)29-23)12-17-19(21(20)26)22(32)15(24(33)34)13-30(17)10-4-1-5-11-31/h2-3,6-7,12-13,16,20,27,31H,1,4-5,8-11,26H2,(H,28,29)(H,33,34). The number of nitrogens with two attached hydrogens (primary N) is 1. The van der Waals surface area contributed by atoms with Crippen molar-refractivity contribution in [3.8, 4) is 0 Å². The minimum absolute atomic E-state index is 0.0300. The number of aromatic nitrogens is 1. The Bertz CT molecular complexity index is 1540. The van der Waals surface area contributed by atoms with E-state index in [-0.39, 0.29) is 41.3 Å². The number of aliphatic imine (C=N–C) groups is 1. The van der Waals surface area contributed by atoms with Gasteiger partial charge in [0.15, 0.2) is 6.17 Å². The van der Waals surface area contributed by atoms with Gasteiger partial charge in [0, 0.05) is 31.5 Å². The van der Waals surface area contributed by atoms with Crippen LogP contribution >= 0.6 is 0 Å². The zero-order valence-corrected chi connectivity index (χ0v) is 20.7. The second-order valence-corrected chi connectivity index (χ2v) is 10.4. The van der Waals surface area contributed by atoms with E-state index in [0.29, 0.717) is 36.7 Å². The predicted octanol–water partition coefficient (Wildman–Crippen LogP) is -1.39. The van der Waals surface area contributed by atoms with Gasteiger partial charge in [-0.25, -0.2) is 17.6 Å². The Morgan fingerprint density at radius 1 is 1.24 bits per heavy atom. The van der Waals surface area contributed by atoms with E-state index in [1.54, 1.807) is 22.8 Å². The number of sulfonamides is 1. The van der Waals surface area contributed by atoms with E-state index < -0.39 is 39.2 Å². The first-order valence-electron chi connectivity index (χ1n) is 11.8. The first-order chi connectivity index (χ1) is 17.7. The normalized spacial score (nSPS) is 20.7. The number of benzene rings is 1. The van der Waals surface area contributed by atoms with Gasteiger partial charge in [0.1, 0.15) is 11.4 Å². The van der Waals surface area contributed by atoms with Gasteiger partial charge in [0.2, 0.25) is 5.43 Å². The van der Waals surface area contributed by atoms with Crippen molar-refractivity contribution < 1.29 is 27.8 Å². The molecule has 2 atom stereocenters. The SMILES string of the molecule is NC1=c2c(=O)c(C(=O)O)cn(CCCCCO)c2=CC(NCCN=C2NS(=O)(=O)c3ccccc32)C1F. The third-order valence-corrected chi connectivity index (χ3v) is 7.67. The highest BCUT2D eigenvalue weighted by Gasteiger charge is 2.31. The number of pyridine rings is 1. The van der Waals surface area contributed by atoms with Crippen molar-refractivity contribution in [3.63, 3.8) is 0 Å². The summed E-state index contributed by atoms with van der Waals surface area (Å²) in [6.45, 7) is 0.680. The summed E-state index contributed by atoms with van der Waals surface area (Å²) >= 11 is 0. The molecule has 198 valence electrons. The number of carbonyl (C=O) groups is 1. The maximum atomic E-state index is 15.2. The molecule has 4 rings (SSSR count). The maximum Gasteiger partial charge on any atom is 0.341 e. The number of unbranched alkanes of at least 4 members (excludes halogenated alkanes) is 2. The average Bonchev–Trinajstić information content (AvgIpc) is 3.13. The van der Waals surface area contributed by atoms with Gasteiger partial charge in [-0.15, -0.1) is 0 Å². The molecule has 0 bridgehead atoms. The number of aromatic carboxylic acids is 1. The Labute approximate surface area is 211 Å². The zero-order valence-electron chi connectivity index (χ0n) is 19.9. The molecule has 0 saturated carbocycles. The van der Waals surface area contributed by atoms with Crippen molar-refractivity contribution in [2.45, 2.75) is 42.9 Å². The molecule has 1 aliphatic carbocycles. The van der Waals surface area contributed by atoms with Crippen LogP contribution in [0.2, 0.25) is 0 Å². The summed E-state index contributed by atoms with van der Waals surface area (Å²) in [6.07, 6.45) is 2.82. The Hall–Kier alpha value is -3.55. The summed E-state index contributed by atoms with van der Waals surface area (Å²) in [7, 11) is -3.67. The molecule has 2 heterocycles. The second kappa shape index (κ2) is 10.8. The van der Waals surface area contributed by atoms with Gasteiger partial charge in [-0.3, -0.25) is 14.5 Å². The molecular formula is C24H28FN5O6S. The lowest BCUT2D eigenvalue weighted by atomic mass is 9.99. The molecular weight excluding hydrogens is 505 g/mol. The molecule has 0 fully saturated rings. The van der Waals surface area contributed by atoms with Crippen molar-refractivity contribution >= 4 is 33.6 Å². The fourth-order valence-corrected chi connectivity index (χ4v) is 5.69. The molecule has 2 aliphatic rings. The van der Waals surface area contributed by atoms with Gasteiger partial charge < -0.3 is 25.8 Å². The van der Waals surface area contributed by atoms with Crippen molar-refractivity contribution in [3.05, 3.63) is 62.4 Å². The predicted molar refractivity (Wildman–Crippen MR) is 135 cm³/mol. The van der Waals surface area contributed by atoms with E-state index in [1.807, 2.05) is 0 Å². The molecule has 0 radical (unpaired) electrons. The molecule has 0 spiro atoms. The third-order valence-electron chi connectivity index (χ3n) is 6.27. The highest BCUT2D eigenvalue weighted by molar-refractivity contribution is 7.90. The fraction of sp³-hybridized carbons (Fsp3) is 0.375. The van der Waals surface area contributed by atoms with Gasteiger partial charge in [-0.1, -0.05) is 12.1 Å². The van der Waals surface area contributed by atoms with Crippen molar-refractivity contribution in [1.29, 1.82) is 0 Å². The smallest absolute Gasteiger partial charge is 0.341 e. The van der Waals surface area contributed by atoms with Crippen LogP contribution in [0.1, 0.15) is 35.2 Å². The molecule has 37 heavy (non-hydrogen) atoms. The lowest BCUT2D eigenvalue weighted by Gasteiger charge is -2.24. The molecule has 13 heteroatoms. The molecule has 1 aromatic heterocycles. The van der Waals surface area contributed by atoms with E-state index in [1.165, 1.54) is 18.3 Å². The summed E-state index contributed by atoms with van der Waals surface area (Å²) in [5, 5.41) is 21.6. The number of rotatable bonds is 10. The Morgan fingerprint density at radius 3 is 2.73 bits per heavy atom. The third kappa shape index (κ3) is 5.29. The van der Waals surface area contributed by atoms with Gasteiger partial charge in [-0.05, 0) is 37.5 Å². The summed E-state index contributed by atoms with van der Waals surface area (Å²) in [5.41, 5.74) is 4.79. The molecule has 1 aromatic carbocycles. The molecule has 1 aliphatic heterocycles. The number of nitrogens with zero attached hydrogens (tertiary/aromatic N) is 2. The van der Waals surface area contributed by atoms with E-state index in [4.69, 9.17) is 10.8 Å². The summed E-state index contributed by atoms with van der Waals surface area (Å²) in [5.74, 6) is -1.22. The van der Waals surface area contributed by atoms with E-state index in [9.17, 15) is 23.1 Å². The van der Waals surface area contributed by atoms with E-state index >= 15 is 4.39 Å². The van der Waals surface area contributed by atoms with Gasteiger partial charge in [0.05, 0.1) is 33.7 Å². The lowest BCUT2D eigenvalue weighted by molar-refractivity contribution is 0.0694. The van der Waals surface area contributed by atoms with Crippen LogP contribution in [0.3, 0.4) is 0 Å². The molecule has 11 nitrogen and oxygen atoms in total. The van der Waals surface area contributed by atoms with Crippen LogP contribution in [0.4, 0.5) is 4.39 Å². The first-order valence-corrected chi connectivity index (χ1v) is 13.3. The van der Waals surface area contributed by atoms with Crippen LogP contribution in [0.5, 0.6) is 0 Å². The molecule has 2 aromatic rings. The number of halogens is 1. The molecule has 2 unspecified atom stereocenters. The van der Waals surface area contributed by atoms with Gasteiger partial charge in [-0.2, -0.15) is 0 Å². The van der Waals surface area contributed by atoms with Crippen molar-refractivity contribution in [2.24, 2.45) is 10.7 Å². The summed E-state index contributed by atoms with van der Waals surface area (Å²) in [6, 6.07) is 5.53. The number of aliphatic hydroxyl groups excluding tert-OH is 1. The number of amidine groups is 1. The number of fused-ring (bicyclic) bond motifs is 2. The number of nitrogens with one attached hydrogen (secondary N) is 2. The van der Waals surface area contributed by atoms with Crippen LogP contribution in [0, 0.1) is 0 Å². The zero-order chi connectivity index (χ0) is 26.7. The number of carboxylic acid groups (broad SMARTS) is 1. The summed E-state index contributed by atoms with van der Waals surface area (Å²) in [4.78, 5) is 28.9. The first kappa shape index (κ1) is 26.5. The van der Waals surface area contributed by atoms with Crippen molar-refractivity contribution in [1.82, 2.24) is 14.6 Å². The van der Waals surface area contributed by atoms with Crippen LogP contribution in [-0.4, -0.2) is 66.9 Å². The van der Waals surface area contributed by atoms with E-state index in [2.05, 4.69) is 15.0 Å². The highest BCUT2D eigenvalue weighted by Crippen LogP contribution is 2.22. The number of alkyl halides is 1. The largest absolute Gasteiger partial charge is 0.477 e. The minimum Gasteiger partial charge on any atom is -0.477 e.